The van der Waals surface area contributed by atoms with E-state index in [4.69, 9.17) is 9.15 Å². The van der Waals surface area contributed by atoms with Crippen LogP contribution in [0.3, 0.4) is 0 Å². The lowest BCUT2D eigenvalue weighted by Crippen LogP contribution is -2.43. The topological polar surface area (TPSA) is 80.0 Å². The van der Waals surface area contributed by atoms with Crippen LogP contribution >= 0.6 is 0 Å². The number of aliphatic hydroxyl groups is 1. The van der Waals surface area contributed by atoms with Crippen LogP contribution in [0.25, 0.3) is 0 Å². The highest BCUT2D eigenvalue weighted by Gasteiger charge is 2.51. The van der Waals surface area contributed by atoms with Gasteiger partial charge in [0.05, 0.1) is 18.7 Å². The van der Waals surface area contributed by atoms with E-state index < -0.39 is 17.3 Å². The monoisotopic (exact) mass is 405 g/mol. The number of furan rings is 1. The Bertz CT molecular complexity index is 1100. The number of rotatable bonds is 7. The van der Waals surface area contributed by atoms with E-state index in [0.717, 1.165) is 11.3 Å². The Labute approximate surface area is 174 Å². The number of hydrogen-bond donors (Lipinski definition) is 1. The molecule has 0 aliphatic carbocycles. The van der Waals surface area contributed by atoms with Gasteiger partial charge in [-0.1, -0.05) is 36.4 Å². The lowest BCUT2D eigenvalue weighted by Gasteiger charge is -2.22. The fourth-order valence-electron chi connectivity index (χ4n) is 3.77. The maximum Gasteiger partial charge on any atom is 0.264 e. The van der Waals surface area contributed by atoms with Crippen molar-refractivity contribution in [1.29, 1.82) is 0 Å². The average Bonchev–Trinajstić information content (AvgIpc) is 3.26. The van der Waals surface area contributed by atoms with Gasteiger partial charge in [-0.3, -0.25) is 9.59 Å². The molecular weight excluding hydrogens is 382 g/mol. The molecule has 0 fully saturated rings. The zero-order valence-corrected chi connectivity index (χ0v) is 16.9. The van der Waals surface area contributed by atoms with Crippen LogP contribution in [0.15, 0.2) is 65.1 Å². The Morgan fingerprint density at radius 2 is 1.80 bits per heavy atom. The van der Waals surface area contributed by atoms with Crippen LogP contribution in [-0.4, -0.2) is 29.9 Å². The van der Waals surface area contributed by atoms with Crippen LogP contribution in [0.2, 0.25) is 0 Å². The highest BCUT2D eigenvalue weighted by atomic mass is 16.5. The Balaban J connectivity index is 1.54. The van der Waals surface area contributed by atoms with Crippen molar-refractivity contribution in [3.8, 4) is 5.75 Å². The molecule has 0 spiro atoms. The smallest absolute Gasteiger partial charge is 0.264 e. The molecule has 1 atom stereocenters. The molecule has 0 saturated carbocycles. The Kier molecular flexibility index (Phi) is 5.18. The zero-order chi connectivity index (χ0) is 21.3. The normalized spacial score (nSPS) is 17.8. The maximum absolute atomic E-state index is 13.2. The summed E-state index contributed by atoms with van der Waals surface area (Å²) in [4.78, 5) is 27.4. The van der Waals surface area contributed by atoms with Crippen LogP contribution in [0.5, 0.6) is 5.75 Å². The molecule has 0 bridgehead atoms. The summed E-state index contributed by atoms with van der Waals surface area (Å²) >= 11 is 0. The summed E-state index contributed by atoms with van der Waals surface area (Å²) in [6.45, 7) is 4.19. The van der Waals surface area contributed by atoms with Crippen LogP contribution in [0, 0.1) is 13.8 Å². The van der Waals surface area contributed by atoms with Gasteiger partial charge in [0.25, 0.3) is 5.91 Å². The predicted octanol–water partition coefficient (Wildman–Crippen LogP) is 3.78. The molecule has 1 N–H and O–H groups in total. The number of amides is 1. The van der Waals surface area contributed by atoms with Crippen LogP contribution in [0.1, 0.15) is 33.9 Å². The van der Waals surface area contributed by atoms with Gasteiger partial charge in [0.2, 0.25) is 5.78 Å². The van der Waals surface area contributed by atoms with Gasteiger partial charge in [0.15, 0.2) is 11.4 Å². The first kappa shape index (κ1) is 19.9. The summed E-state index contributed by atoms with van der Waals surface area (Å²) in [5, 5.41) is 11.3. The minimum atomic E-state index is -1.93. The molecule has 6 nitrogen and oxygen atoms in total. The summed E-state index contributed by atoms with van der Waals surface area (Å²) in [7, 11) is 0. The molecule has 1 unspecified atom stereocenters. The van der Waals surface area contributed by atoms with Crippen molar-refractivity contribution in [3.05, 3.63) is 83.3 Å². The number of ketones is 1. The van der Waals surface area contributed by atoms with Gasteiger partial charge in [-0.2, -0.15) is 0 Å². The van der Waals surface area contributed by atoms with Crippen molar-refractivity contribution in [2.24, 2.45) is 0 Å². The number of aryl methyl sites for hydroxylation is 2. The lowest BCUT2D eigenvalue weighted by atomic mass is 9.89. The van der Waals surface area contributed by atoms with Crippen molar-refractivity contribution in [2.45, 2.75) is 25.9 Å². The molecule has 0 saturated heterocycles. The maximum atomic E-state index is 13.2. The zero-order valence-electron chi connectivity index (χ0n) is 16.9. The number of ether oxygens (including phenoxy) is 1. The van der Waals surface area contributed by atoms with E-state index >= 15 is 0 Å². The SMILES string of the molecule is Cc1ccc(C(=O)CC2(O)C(=O)N(CCOc3ccccc3C)c3ccccc32)o1. The number of carbonyl (C=O) groups excluding carboxylic acids is 2. The largest absolute Gasteiger partial charge is 0.491 e. The summed E-state index contributed by atoms with van der Waals surface area (Å²) in [5.41, 5.74) is 0.0719. The Hall–Kier alpha value is -3.38. The second kappa shape index (κ2) is 7.80. The summed E-state index contributed by atoms with van der Waals surface area (Å²) in [5.74, 6) is 0.516. The fraction of sp³-hybridized carbons (Fsp3) is 0.250. The van der Waals surface area contributed by atoms with Crippen LogP contribution in [-0.2, 0) is 10.4 Å². The molecule has 1 aliphatic rings. The molecule has 6 heteroatoms. The molecular formula is C24H23NO5. The van der Waals surface area contributed by atoms with Gasteiger partial charge in [-0.25, -0.2) is 0 Å². The van der Waals surface area contributed by atoms with E-state index in [-0.39, 0.29) is 25.3 Å². The number of anilines is 1. The third-order valence-corrected chi connectivity index (χ3v) is 5.34. The van der Waals surface area contributed by atoms with Crippen molar-refractivity contribution < 1.29 is 23.8 Å². The number of nitrogens with zero attached hydrogens (tertiary/aromatic N) is 1. The first-order valence-electron chi connectivity index (χ1n) is 9.82. The van der Waals surface area contributed by atoms with Crippen molar-refractivity contribution in [1.82, 2.24) is 0 Å². The van der Waals surface area contributed by atoms with E-state index in [1.165, 1.54) is 4.90 Å². The summed E-state index contributed by atoms with van der Waals surface area (Å²) in [6, 6.07) is 17.9. The number of Topliss-reactive ketones (excluding diaryl/α,β-unsaturated/α-hetero) is 1. The minimum Gasteiger partial charge on any atom is -0.491 e. The van der Waals surface area contributed by atoms with E-state index in [1.54, 1.807) is 43.3 Å². The van der Waals surface area contributed by atoms with Gasteiger partial charge in [0.1, 0.15) is 18.1 Å². The van der Waals surface area contributed by atoms with E-state index in [9.17, 15) is 14.7 Å². The quantitative estimate of drug-likeness (QED) is 0.605. The van der Waals surface area contributed by atoms with Crippen molar-refractivity contribution in [3.63, 3.8) is 0 Å². The first-order valence-corrected chi connectivity index (χ1v) is 9.82. The Morgan fingerprint density at radius 3 is 2.53 bits per heavy atom. The highest BCUT2D eigenvalue weighted by molar-refractivity contribution is 6.10. The van der Waals surface area contributed by atoms with E-state index in [2.05, 4.69) is 0 Å². The predicted molar refractivity (Wildman–Crippen MR) is 112 cm³/mol. The second-order valence-electron chi connectivity index (χ2n) is 7.46. The number of benzene rings is 2. The van der Waals surface area contributed by atoms with E-state index in [0.29, 0.717) is 17.0 Å². The first-order chi connectivity index (χ1) is 14.4. The number of carbonyl (C=O) groups is 2. The van der Waals surface area contributed by atoms with Crippen molar-refractivity contribution >= 4 is 17.4 Å². The average molecular weight is 405 g/mol. The molecule has 1 amide bonds. The standard InChI is InChI=1S/C24H23NO5/c1-16-7-3-6-10-21(16)29-14-13-25-19-9-5-4-8-18(19)24(28,23(25)27)15-20(26)22-12-11-17(2)30-22/h3-12,28H,13-15H2,1-2H3. The number of fused-ring (bicyclic) bond motifs is 1. The van der Waals surface area contributed by atoms with Crippen LogP contribution < -0.4 is 9.64 Å². The molecule has 0 radical (unpaired) electrons. The molecule has 2 aromatic carbocycles. The fourth-order valence-corrected chi connectivity index (χ4v) is 3.77. The molecule has 30 heavy (non-hydrogen) atoms. The molecule has 154 valence electrons. The van der Waals surface area contributed by atoms with Crippen molar-refractivity contribution in [2.75, 3.05) is 18.1 Å². The van der Waals surface area contributed by atoms with Gasteiger partial charge >= 0.3 is 0 Å². The van der Waals surface area contributed by atoms with E-state index in [1.807, 2.05) is 31.2 Å². The number of hydrogen-bond acceptors (Lipinski definition) is 5. The number of para-hydroxylation sites is 2. The Morgan fingerprint density at radius 1 is 1.07 bits per heavy atom. The van der Waals surface area contributed by atoms with Crippen LogP contribution in [0.4, 0.5) is 5.69 Å². The third kappa shape index (κ3) is 3.50. The molecule has 3 aromatic rings. The molecule has 1 aromatic heterocycles. The third-order valence-electron chi connectivity index (χ3n) is 5.34. The van der Waals surface area contributed by atoms with Gasteiger partial charge < -0.3 is 19.2 Å². The second-order valence-corrected chi connectivity index (χ2v) is 7.46. The van der Waals surface area contributed by atoms with Gasteiger partial charge in [-0.15, -0.1) is 0 Å². The highest BCUT2D eigenvalue weighted by Crippen LogP contribution is 2.42. The molecule has 1 aliphatic heterocycles. The summed E-state index contributed by atoms with van der Waals surface area (Å²) < 4.78 is 11.2. The molecule has 4 rings (SSSR count). The minimum absolute atomic E-state index is 0.132. The molecule has 2 heterocycles. The van der Waals surface area contributed by atoms with Gasteiger partial charge in [0, 0.05) is 5.56 Å². The summed E-state index contributed by atoms with van der Waals surface area (Å²) in [6.07, 6.45) is -0.384. The van der Waals surface area contributed by atoms with Gasteiger partial charge in [-0.05, 0) is 43.7 Å². The lowest BCUT2D eigenvalue weighted by molar-refractivity contribution is -0.136.